The molecule has 0 aliphatic rings. The lowest BCUT2D eigenvalue weighted by Gasteiger charge is -2.15. The van der Waals surface area contributed by atoms with E-state index in [1.54, 1.807) is 48.5 Å². The van der Waals surface area contributed by atoms with E-state index in [-0.39, 0.29) is 11.5 Å². The number of carbonyl (C=O) groups is 1. The number of carbonyl (C=O) groups excluding carboxylic acids is 1. The number of hydrogen-bond donors (Lipinski definition) is 2. The Morgan fingerprint density at radius 1 is 1.00 bits per heavy atom. The van der Waals surface area contributed by atoms with E-state index in [2.05, 4.69) is 5.16 Å². The Morgan fingerprint density at radius 2 is 1.54 bits per heavy atom. The first-order valence-electron chi connectivity index (χ1n) is 7.44. The molecule has 1 heterocycles. The molecular formula is C18H16N2O4. The van der Waals surface area contributed by atoms with E-state index >= 15 is 0 Å². The molecule has 6 heteroatoms. The van der Waals surface area contributed by atoms with Crippen LogP contribution in [0.3, 0.4) is 0 Å². The zero-order chi connectivity index (χ0) is 17.1. The molecule has 0 saturated carbocycles. The van der Waals surface area contributed by atoms with Gasteiger partial charge in [0.15, 0.2) is 5.76 Å². The van der Waals surface area contributed by atoms with Gasteiger partial charge in [-0.1, -0.05) is 5.16 Å². The molecule has 0 aliphatic heterocycles. The minimum absolute atomic E-state index is 0.140. The Bertz CT molecular complexity index is 775. The van der Waals surface area contributed by atoms with Gasteiger partial charge in [0.2, 0.25) is 6.41 Å². The zero-order valence-electron chi connectivity index (χ0n) is 13.0. The number of aromatic hydroxyl groups is 2. The number of benzene rings is 2. The molecule has 122 valence electrons. The number of aromatic nitrogens is 1. The lowest BCUT2D eigenvalue weighted by molar-refractivity contribution is -0.107. The summed E-state index contributed by atoms with van der Waals surface area (Å²) >= 11 is 0. The number of hydrogen-bond acceptors (Lipinski definition) is 5. The van der Waals surface area contributed by atoms with Crippen molar-refractivity contribution < 1.29 is 19.5 Å². The van der Waals surface area contributed by atoms with E-state index in [4.69, 9.17) is 4.52 Å². The molecule has 1 aromatic heterocycles. The number of anilines is 1. The molecule has 0 saturated heterocycles. The molecule has 0 fully saturated rings. The van der Waals surface area contributed by atoms with Crippen molar-refractivity contribution in [2.45, 2.75) is 6.92 Å². The van der Waals surface area contributed by atoms with Crippen LogP contribution >= 0.6 is 0 Å². The van der Waals surface area contributed by atoms with Crippen LogP contribution in [-0.4, -0.2) is 28.3 Å². The molecule has 2 aromatic carbocycles. The van der Waals surface area contributed by atoms with Crippen molar-refractivity contribution in [2.75, 3.05) is 11.4 Å². The molecule has 0 spiro atoms. The molecule has 1 amide bonds. The first-order valence-corrected chi connectivity index (χ1v) is 7.44. The predicted octanol–water partition coefficient (Wildman–Crippen LogP) is 3.40. The number of rotatable bonds is 5. The van der Waals surface area contributed by atoms with Crippen LogP contribution in [0, 0.1) is 0 Å². The SMILES string of the molecule is CCN(C=O)c1c(-c2ccc(O)cc2)noc1-c1ccc(O)cc1. The highest BCUT2D eigenvalue weighted by Crippen LogP contribution is 2.39. The lowest BCUT2D eigenvalue weighted by Crippen LogP contribution is -2.20. The Labute approximate surface area is 138 Å². The van der Waals surface area contributed by atoms with Crippen LogP contribution in [-0.2, 0) is 4.79 Å². The van der Waals surface area contributed by atoms with Crippen LogP contribution in [0.5, 0.6) is 11.5 Å². The van der Waals surface area contributed by atoms with Crippen molar-refractivity contribution in [3.63, 3.8) is 0 Å². The Balaban J connectivity index is 2.18. The Morgan fingerprint density at radius 3 is 2.04 bits per heavy atom. The highest BCUT2D eigenvalue weighted by Gasteiger charge is 2.23. The van der Waals surface area contributed by atoms with E-state index in [0.29, 0.717) is 29.2 Å². The topological polar surface area (TPSA) is 86.8 Å². The van der Waals surface area contributed by atoms with Gasteiger partial charge in [0.25, 0.3) is 0 Å². The fourth-order valence-electron chi connectivity index (χ4n) is 2.45. The summed E-state index contributed by atoms with van der Waals surface area (Å²) in [5.74, 6) is 0.721. The van der Waals surface area contributed by atoms with Gasteiger partial charge in [-0.25, -0.2) is 0 Å². The van der Waals surface area contributed by atoms with Crippen molar-refractivity contribution in [2.24, 2.45) is 0 Å². The second kappa shape index (κ2) is 6.45. The maximum Gasteiger partial charge on any atom is 0.214 e. The first kappa shape index (κ1) is 15.6. The second-order valence-corrected chi connectivity index (χ2v) is 5.19. The molecule has 0 aliphatic carbocycles. The number of phenolic OH excluding ortho intramolecular Hbond substituents is 2. The molecule has 0 radical (unpaired) electrons. The van der Waals surface area contributed by atoms with Crippen LogP contribution in [0.2, 0.25) is 0 Å². The molecule has 6 nitrogen and oxygen atoms in total. The van der Waals surface area contributed by atoms with E-state index in [1.807, 2.05) is 6.92 Å². The second-order valence-electron chi connectivity index (χ2n) is 5.19. The van der Waals surface area contributed by atoms with E-state index in [1.165, 1.54) is 4.90 Å². The quantitative estimate of drug-likeness (QED) is 0.702. The van der Waals surface area contributed by atoms with Crippen molar-refractivity contribution in [3.8, 4) is 34.1 Å². The van der Waals surface area contributed by atoms with Crippen molar-refractivity contribution in [1.29, 1.82) is 0 Å². The number of phenols is 2. The van der Waals surface area contributed by atoms with Gasteiger partial charge >= 0.3 is 0 Å². The smallest absolute Gasteiger partial charge is 0.214 e. The van der Waals surface area contributed by atoms with Gasteiger partial charge in [0.05, 0.1) is 0 Å². The maximum atomic E-state index is 11.5. The monoisotopic (exact) mass is 324 g/mol. The van der Waals surface area contributed by atoms with Crippen molar-refractivity contribution in [3.05, 3.63) is 48.5 Å². The summed E-state index contributed by atoms with van der Waals surface area (Å²) in [6.45, 7) is 2.30. The van der Waals surface area contributed by atoms with Crippen LogP contribution < -0.4 is 4.90 Å². The van der Waals surface area contributed by atoms with Crippen molar-refractivity contribution >= 4 is 12.1 Å². The van der Waals surface area contributed by atoms with Crippen molar-refractivity contribution in [1.82, 2.24) is 5.16 Å². The Kier molecular flexibility index (Phi) is 4.20. The molecule has 0 unspecified atom stereocenters. The van der Waals surface area contributed by atoms with Gasteiger partial charge in [-0.3, -0.25) is 4.79 Å². The summed E-state index contributed by atoms with van der Waals surface area (Å²) in [6.07, 6.45) is 0.723. The first-order chi connectivity index (χ1) is 11.6. The highest BCUT2D eigenvalue weighted by molar-refractivity contribution is 5.93. The fourth-order valence-corrected chi connectivity index (χ4v) is 2.45. The molecule has 0 atom stereocenters. The predicted molar refractivity (Wildman–Crippen MR) is 89.8 cm³/mol. The minimum atomic E-state index is 0.140. The minimum Gasteiger partial charge on any atom is -0.508 e. The standard InChI is InChI=1S/C18H16N2O4/c1-2-20(11-21)17-16(12-3-7-14(22)8-4-12)19-24-18(17)13-5-9-15(23)10-6-13/h3-11,22-23H,2H2,1H3. The van der Waals surface area contributed by atoms with Gasteiger partial charge in [0.1, 0.15) is 22.9 Å². The summed E-state index contributed by atoms with van der Waals surface area (Å²) in [5, 5.41) is 23.0. The van der Waals surface area contributed by atoms with E-state index < -0.39 is 0 Å². The zero-order valence-corrected chi connectivity index (χ0v) is 13.0. The van der Waals surface area contributed by atoms with Gasteiger partial charge in [0, 0.05) is 17.7 Å². The van der Waals surface area contributed by atoms with Gasteiger partial charge in [-0.2, -0.15) is 0 Å². The third kappa shape index (κ3) is 2.81. The molecule has 3 rings (SSSR count). The third-order valence-electron chi connectivity index (χ3n) is 3.69. The number of amides is 1. The molecule has 3 aromatic rings. The molecular weight excluding hydrogens is 308 g/mol. The lowest BCUT2D eigenvalue weighted by atomic mass is 10.1. The Hall–Kier alpha value is -3.28. The highest BCUT2D eigenvalue weighted by atomic mass is 16.5. The maximum absolute atomic E-state index is 11.5. The summed E-state index contributed by atoms with van der Waals surface area (Å²) in [6, 6.07) is 13.0. The largest absolute Gasteiger partial charge is 0.508 e. The fraction of sp³-hybridized carbons (Fsp3) is 0.111. The summed E-state index contributed by atoms with van der Waals surface area (Å²) < 4.78 is 5.50. The molecule has 2 N–H and O–H groups in total. The number of nitrogens with zero attached hydrogens (tertiary/aromatic N) is 2. The normalized spacial score (nSPS) is 10.5. The third-order valence-corrected chi connectivity index (χ3v) is 3.69. The summed E-state index contributed by atoms with van der Waals surface area (Å²) in [5.41, 5.74) is 2.47. The van der Waals surface area contributed by atoms with Gasteiger partial charge in [-0.05, 0) is 55.5 Å². The van der Waals surface area contributed by atoms with Crippen LogP contribution in [0.1, 0.15) is 6.92 Å². The van der Waals surface area contributed by atoms with Crippen LogP contribution in [0.25, 0.3) is 22.6 Å². The van der Waals surface area contributed by atoms with Crippen LogP contribution in [0.4, 0.5) is 5.69 Å². The van der Waals surface area contributed by atoms with Gasteiger partial charge < -0.3 is 19.6 Å². The molecule has 24 heavy (non-hydrogen) atoms. The average molecular weight is 324 g/mol. The summed E-state index contributed by atoms with van der Waals surface area (Å²) in [7, 11) is 0. The summed E-state index contributed by atoms with van der Waals surface area (Å²) in [4.78, 5) is 13.0. The van der Waals surface area contributed by atoms with Gasteiger partial charge in [-0.15, -0.1) is 0 Å². The average Bonchev–Trinajstić information content (AvgIpc) is 3.02. The van der Waals surface area contributed by atoms with Crippen LogP contribution in [0.15, 0.2) is 53.1 Å². The van der Waals surface area contributed by atoms with E-state index in [0.717, 1.165) is 12.0 Å². The molecule has 0 bridgehead atoms. The van der Waals surface area contributed by atoms with E-state index in [9.17, 15) is 15.0 Å².